The average molecular weight is 376 g/mol. The molecule has 6 nitrogen and oxygen atoms in total. The van der Waals surface area contributed by atoms with Crippen molar-refractivity contribution in [1.82, 2.24) is 9.80 Å². The largest absolute Gasteiger partial charge is 0.371 e. The highest BCUT2D eigenvalue weighted by molar-refractivity contribution is 6.05. The molecule has 2 heterocycles. The minimum atomic E-state index is -0.168. The van der Waals surface area contributed by atoms with Crippen LogP contribution in [0.25, 0.3) is 0 Å². The Hall–Kier alpha value is -1.43. The van der Waals surface area contributed by atoms with Gasteiger partial charge < -0.3 is 9.64 Å². The standard InChI is InChI=1S/C21H32N2O4/c24-18(22-13-14-27-21(15-22)10-5-1-2-6-11-21)9-12-23-19(25)16-7-3-4-8-17(16)20(23)26/h16-17H,1-15H2. The van der Waals surface area contributed by atoms with Gasteiger partial charge in [-0.25, -0.2) is 0 Å². The molecule has 27 heavy (non-hydrogen) atoms. The van der Waals surface area contributed by atoms with Crippen molar-refractivity contribution < 1.29 is 19.1 Å². The second-order valence-corrected chi connectivity index (χ2v) is 8.84. The van der Waals surface area contributed by atoms with E-state index in [1.807, 2.05) is 4.90 Å². The van der Waals surface area contributed by atoms with Crippen LogP contribution in [-0.2, 0) is 19.1 Å². The molecule has 4 aliphatic rings. The SMILES string of the molecule is O=C(CCN1C(=O)C2CCCCC2C1=O)N1CCOC2(CCCCCC2)C1. The topological polar surface area (TPSA) is 66.9 Å². The van der Waals surface area contributed by atoms with Gasteiger partial charge >= 0.3 is 0 Å². The van der Waals surface area contributed by atoms with Crippen molar-refractivity contribution in [3.8, 4) is 0 Å². The van der Waals surface area contributed by atoms with Crippen LogP contribution in [0, 0.1) is 11.8 Å². The van der Waals surface area contributed by atoms with E-state index in [1.54, 1.807) is 0 Å². The lowest BCUT2D eigenvalue weighted by molar-refractivity contribution is -0.153. The summed E-state index contributed by atoms with van der Waals surface area (Å²) in [5.74, 6) is -0.283. The fourth-order valence-electron chi connectivity index (χ4n) is 5.55. The van der Waals surface area contributed by atoms with E-state index in [9.17, 15) is 14.4 Å². The van der Waals surface area contributed by atoms with Gasteiger partial charge in [0.05, 0.1) is 24.0 Å². The molecule has 0 radical (unpaired) electrons. The molecule has 0 aromatic heterocycles. The number of hydrogen-bond donors (Lipinski definition) is 0. The third-order valence-electron chi connectivity index (χ3n) is 7.10. The van der Waals surface area contributed by atoms with Gasteiger partial charge in [0.2, 0.25) is 17.7 Å². The van der Waals surface area contributed by atoms with Gasteiger partial charge in [-0.15, -0.1) is 0 Å². The van der Waals surface area contributed by atoms with Gasteiger partial charge in [0.25, 0.3) is 0 Å². The van der Waals surface area contributed by atoms with E-state index in [2.05, 4.69) is 0 Å². The monoisotopic (exact) mass is 376 g/mol. The Morgan fingerprint density at radius 3 is 2.22 bits per heavy atom. The Kier molecular flexibility index (Phi) is 5.53. The molecule has 4 fully saturated rings. The summed E-state index contributed by atoms with van der Waals surface area (Å²) in [5, 5.41) is 0. The maximum atomic E-state index is 12.8. The Labute approximate surface area is 161 Å². The third kappa shape index (κ3) is 3.78. The first-order valence-electron chi connectivity index (χ1n) is 10.9. The fourth-order valence-corrected chi connectivity index (χ4v) is 5.55. The van der Waals surface area contributed by atoms with Crippen molar-refractivity contribution in [2.75, 3.05) is 26.2 Å². The van der Waals surface area contributed by atoms with Gasteiger partial charge in [-0.3, -0.25) is 19.3 Å². The summed E-state index contributed by atoms with van der Waals surface area (Å²) in [6.45, 7) is 2.12. The maximum Gasteiger partial charge on any atom is 0.233 e. The second kappa shape index (κ2) is 7.90. The minimum Gasteiger partial charge on any atom is -0.371 e. The quantitative estimate of drug-likeness (QED) is 0.710. The van der Waals surface area contributed by atoms with Crippen LogP contribution in [0.4, 0.5) is 0 Å². The van der Waals surface area contributed by atoms with Crippen molar-refractivity contribution in [3.05, 3.63) is 0 Å². The van der Waals surface area contributed by atoms with Crippen molar-refractivity contribution in [3.63, 3.8) is 0 Å². The molecule has 0 aromatic carbocycles. The molecule has 3 amide bonds. The van der Waals surface area contributed by atoms with Gasteiger partial charge in [0.15, 0.2) is 0 Å². The Morgan fingerprint density at radius 1 is 0.963 bits per heavy atom. The van der Waals surface area contributed by atoms with E-state index >= 15 is 0 Å². The highest BCUT2D eigenvalue weighted by Crippen LogP contribution is 2.38. The van der Waals surface area contributed by atoms with E-state index in [4.69, 9.17) is 4.74 Å². The van der Waals surface area contributed by atoms with E-state index in [0.717, 1.165) is 38.5 Å². The number of ether oxygens (including phenoxy) is 1. The molecule has 2 saturated carbocycles. The van der Waals surface area contributed by atoms with E-state index < -0.39 is 0 Å². The predicted octanol–water partition coefficient (Wildman–Crippen LogP) is 2.50. The van der Waals surface area contributed by atoms with Crippen LogP contribution in [0.3, 0.4) is 0 Å². The zero-order valence-corrected chi connectivity index (χ0v) is 16.3. The number of carbonyl (C=O) groups is 3. The van der Waals surface area contributed by atoms with Crippen LogP contribution in [0.15, 0.2) is 0 Å². The number of morpholine rings is 1. The molecule has 4 rings (SSSR count). The van der Waals surface area contributed by atoms with Crippen LogP contribution in [0.1, 0.15) is 70.6 Å². The first-order chi connectivity index (χ1) is 13.1. The Bertz CT molecular complexity index is 573. The van der Waals surface area contributed by atoms with E-state index in [-0.39, 0.29) is 48.1 Å². The summed E-state index contributed by atoms with van der Waals surface area (Å²) in [7, 11) is 0. The first kappa shape index (κ1) is 18.9. The van der Waals surface area contributed by atoms with Gasteiger partial charge in [0.1, 0.15) is 0 Å². The molecular formula is C21H32N2O4. The predicted molar refractivity (Wildman–Crippen MR) is 99.8 cm³/mol. The first-order valence-corrected chi connectivity index (χ1v) is 10.9. The lowest BCUT2D eigenvalue weighted by atomic mass is 9.81. The smallest absolute Gasteiger partial charge is 0.233 e. The highest BCUT2D eigenvalue weighted by Gasteiger charge is 2.48. The van der Waals surface area contributed by atoms with Crippen LogP contribution in [0.2, 0.25) is 0 Å². The Balaban J connectivity index is 1.34. The van der Waals surface area contributed by atoms with Gasteiger partial charge in [-0.2, -0.15) is 0 Å². The summed E-state index contributed by atoms with van der Waals surface area (Å²) in [4.78, 5) is 41.3. The molecule has 0 bridgehead atoms. The van der Waals surface area contributed by atoms with Crippen LogP contribution >= 0.6 is 0 Å². The number of fused-ring (bicyclic) bond motifs is 1. The molecule has 0 N–H and O–H groups in total. The molecule has 150 valence electrons. The van der Waals surface area contributed by atoms with Crippen molar-refractivity contribution in [1.29, 1.82) is 0 Å². The maximum absolute atomic E-state index is 12.8. The van der Waals surface area contributed by atoms with E-state index in [0.29, 0.717) is 19.7 Å². The molecule has 1 spiro atoms. The van der Waals surface area contributed by atoms with Crippen LogP contribution in [-0.4, -0.2) is 59.4 Å². The molecule has 2 atom stereocenters. The van der Waals surface area contributed by atoms with Crippen molar-refractivity contribution in [2.45, 2.75) is 76.2 Å². The normalized spacial score (nSPS) is 31.1. The van der Waals surface area contributed by atoms with E-state index in [1.165, 1.54) is 30.6 Å². The Morgan fingerprint density at radius 2 is 1.59 bits per heavy atom. The van der Waals surface area contributed by atoms with Crippen LogP contribution in [0.5, 0.6) is 0 Å². The second-order valence-electron chi connectivity index (χ2n) is 8.84. The summed E-state index contributed by atoms with van der Waals surface area (Å²) < 4.78 is 6.13. The van der Waals surface area contributed by atoms with Gasteiger partial charge in [-0.05, 0) is 25.7 Å². The lowest BCUT2D eigenvalue weighted by Crippen LogP contribution is -2.53. The molecule has 2 unspecified atom stereocenters. The molecule has 2 aliphatic carbocycles. The van der Waals surface area contributed by atoms with Gasteiger partial charge in [0, 0.05) is 26.1 Å². The molecule has 2 aliphatic heterocycles. The number of carbonyl (C=O) groups excluding carboxylic acids is 3. The lowest BCUT2D eigenvalue weighted by Gasteiger charge is -2.42. The third-order valence-corrected chi connectivity index (χ3v) is 7.10. The summed E-state index contributed by atoms with van der Waals surface area (Å²) in [6.07, 6.45) is 10.9. The fraction of sp³-hybridized carbons (Fsp3) is 0.857. The zero-order valence-electron chi connectivity index (χ0n) is 16.3. The molecule has 0 aromatic rings. The number of likely N-dealkylation sites (tertiary alicyclic amines) is 1. The summed E-state index contributed by atoms with van der Waals surface area (Å²) >= 11 is 0. The number of imide groups is 1. The molecular weight excluding hydrogens is 344 g/mol. The average Bonchev–Trinajstić information content (AvgIpc) is 2.82. The highest BCUT2D eigenvalue weighted by atomic mass is 16.5. The number of rotatable bonds is 3. The number of nitrogens with zero attached hydrogens (tertiary/aromatic N) is 2. The zero-order chi connectivity index (χ0) is 18.9. The molecule has 6 heteroatoms. The summed E-state index contributed by atoms with van der Waals surface area (Å²) in [6, 6.07) is 0. The van der Waals surface area contributed by atoms with Gasteiger partial charge in [-0.1, -0.05) is 38.5 Å². The minimum absolute atomic E-state index is 0.0419. The van der Waals surface area contributed by atoms with Crippen molar-refractivity contribution in [2.24, 2.45) is 11.8 Å². The molecule has 2 saturated heterocycles. The number of amides is 3. The number of hydrogen-bond acceptors (Lipinski definition) is 4. The van der Waals surface area contributed by atoms with Crippen molar-refractivity contribution >= 4 is 17.7 Å². The van der Waals surface area contributed by atoms with Crippen LogP contribution < -0.4 is 0 Å². The summed E-state index contributed by atoms with van der Waals surface area (Å²) in [5.41, 5.74) is -0.168.